The summed E-state index contributed by atoms with van der Waals surface area (Å²) in [6, 6.07) is 3.70. The van der Waals surface area contributed by atoms with Gasteiger partial charge in [-0.3, -0.25) is 0 Å². The summed E-state index contributed by atoms with van der Waals surface area (Å²) in [6.45, 7) is 2.31. The van der Waals surface area contributed by atoms with Crippen LogP contribution in [-0.4, -0.2) is 26.8 Å². The van der Waals surface area contributed by atoms with Crippen molar-refractivity contribution in [2.75, 3.05) is 26.8 Å². The van der Waals surface area contributed by atoms with Gasteiger partial charge in [0, 0.05) is 18.7 Å². The van der Waals surface area contributed by atoms with Crippen LogP contribution in [0.25, 0.3) is 0 Å². The maximum atomic E-state index is 6.19. The predicted octanol–water partition coefficient (Wildman–Crippen LogP) is 2.66. The summed E-state index contributed by atoms with van der Waals surface area (Å²) in [4.78, 5) is 0. The van der Waals surface area contributed by atoms with Crippen LogP contribution in [0.1, 0.15) is 11.7 Å². The first-order chi connectivity index (χ1) is 7.74. The first-order valence-corrected chi connectivity index (χ1v) is 5.84. The molecule has 1 aliphatic rings. The average Bonchev–Trinajstić information content (AvgIpc) is 2.34. The Balaban J connectivity index is 2.30. The third-order valence-corrected chi connectivity index (χ3v) is 3.45. The van der Waals surface area contributed by atoms with E-state index in [-0.39, 0.29) is 6.10 Å². The molecule has 1 aliphatic heterocycles. The zero-order chi connectivity index (χ0) is 11.5. The second kappa shape index (κ2) is 5.23. The Morgan fingerprint density at radius 2 is 2.19 bits per heavy atom. The molecule has 0 bridgehead atoms. The average molecular weight is 262 g/mol. The van der Waals surface area contributed by atoms with Crippen LogP contribution < -0.4 is 10.1 Å². The van der Waals surface area contributed by atoms with E-state index in [2.05, 4.69) is 5.32 Å². The number of rotatable bonds is 2. The van der Waals surface area contributed by atoms with Crippen LogP contribution in [0.3, 0.4) is 0 Å². The molecule has 2 rings (SSSR count). The number of halogens is 2. The van der Waals surface area contributed by atoms with Gasteiger partial charge in [0.05, 0.1) is 24.8 Å². The highest BCUT2D eigenvalue weighted by Crippen LogP contribution is 2.38. The smallest absolute Gasteiger partial charge is 0.139 e. The number of ether oxygens (including phenoxy) is 2. The lowest BCUT2D eigenvalue weighted by atomic mass is 10.1. The lowest BCUT2D eigenvalue weighted by molar-refractivity contribution is 0.0277. The first-order valence-electron chi connectivity index (χ1n) is 5.08. The van der Waals surface area contributed by atoms with Crippen LogP contribution in [0.2, 0.25) is 10.0 Å². The standard InChI is InChI=1S/C11H13Cl2NO2/c1-15-8-3-2-7(10(12)11(8)13)9-6-14-4-5-16-9/h2-3,9,14H,4-6H2,1H3. The van der Waals surface area contributed by atoms with Gasteiger partial charge in [0.15, 0.2) is 0 Å². The van der Waals surface area contributed by atoms with E-state index in [1.807, 2.05) is 12.1 Å². The Hall–Kier alpha value is -0.480. The zero-order valence-corrected chi connectivity index (χ0v) is 10.4. The van der Waals surface area contributed by atoms with Crippen LogP contribution in [0.4, 0.5) is 0 Å². The Kier molecular flexibility index (Phi) is 3.92. The molecule has 0 radical (unpaired) electrons. The first kappa shape index (κ1) is 12.0. The van der Waals surface area contributed by atoms with E-state index >= 15 is 0 Å². The van der Waals surface area contributed by atoms with Crippen molar-refractivity contribution in [1.82, 2.24) is 5.32 Å². The highest BCUT2D eigenvalue weighted by Gasteiger charge is 2.21. The lowest BCUT2D eigenvalue weighted by Crippen LogP contribution is -2.33. The van der Waals surface area contributed by atoms with Crippen molar-refractivity contribution < 1.29 is 9.47 Å². The van der Waals surface area contributed by atoms with Crippen molar-refractivity contribution in [3.05, 3.63) is 27.7 Å². The largest absolute Gasteiger partial charge is 0.495 e. The van der Waals surface area contributed by atoms with Gasteiger partial charge < -0.3 is 14.8 Å². The summed E-state index contributed by atoms with van der Waals surface area (Å²) in [7, 11) is 1.57. The Morgan fingerprint density at radius 1 is 1.38 bits per heavy atom. The third-order valence-electron chi connectivity index (χ3n) is 2.57. The van der Waals surface area contributed by atoms with Crippen LogP contribution in [0, 0.1) is 0 Å². The molecule has 1 heterocycles. The minimum atomic E-state index is -0.0374. The molecule has 1 aromatic carbocycles. The highest BCUT2D eigenvalue weighted by atomic mass is 35.5. The molecular weight excluding hydrogens is 249 g/mol. The van der Waals surface area contributed by atoms with Gasteiger partial charge in [-0.15, -0.1) is 0 Å². The van der Waals surface area contributed by atoms with Crippen LogP contribution in [0.5, 0.6) is 5.75 Å². The van der Waals surface area contributed by atoms with E-state index in [9.17, 15) is 0 Å². The minimum absolute atomic E-state index is 0.0374. The summed E-state index contributed by atoms with van der Waals surface area (Å²) >= 11 is 12.3. The summed E-state index contributed by atoms with van der Waals surface area (Å²) in [5.74, 6) is 0.583. The van der Waals surface area contributed by atoms with Gasteiger partial charge in [-0.2, -0.15) is 0 Å². The van der Waals surface area contributed by atoms with Gasteiger partial charge in [-0.05, 0) is 6.07 Å². The quantitative estimate of drug-likeness (QED) is 0.888. The van der Waals surface area contributed by atoms with E-state index in [0.29, 0.717) is 22.4 Å². The fourth-order valence-electron chi connectivity index (χ4n) is 1.72. The Bertz CT molecular complexity index is 378. The molecule has 0 saturated carbocycles. The zero-order valence-electron chi connectivity index (χ0n) is 8.93. The van der Waals surface area contributed by atoms with Crippen LogP contribution in [0.15, 0.2) is 12.1 Å². The third kappa shape index (κ3) is 2.28. The van der Waals surface area contributed by atoms with Crippen molar-refractivity contribution in [2.24, 2.45) is 0 Å². The van der Waals surface area contributed by atoms with Crippen LogP contribution >= 0.6 is 23.2 Å². The monoisotopic (exact) mass is 261 g/mol. The minimum Gasteiger partial charge on any atom is -0.495 e. The molecule has 1 N–H and O–H groups in total. The number of benzene rings is 1. The molecule has 0 aliphatic carbocycles. The Morgan fingerprint density at radius 3 is 2.81 bits per heavy atom. The summed E-state index contributed by atoms with van der Waals surface area (Å²) in [5, 5.41) is 4.20. The van der Waals surface area contributed by atoms with Gasteiger partial charge in [0.1, 0.15) is 10.8 Å². The van der Waals surface area contributed by atoms with Gasteiger partial charge in [0.2, 0.25) is 0 Å². The molecule has 16 heavy (non-hydrogen) atoms. The molecule has 0 spiro atoms. The molecule has 0 amide bonds. The molecule has 1 fully saturated rings. The fraction of sp³-hybridized carbons (Fsp3) is 0.455. The maximum absolute atomic E-state index is 6.19. The van der Waals surface area contributed by atoms with Gasteiger partial charge in [0.25, 0.3) is 0 Å². The van der Waals surface area contributed by atoms with Gasteiger partial charge >= 0.3 is 0 Å². The Labute approximate surface area is 105 Å². The number of hydrogen-bond donors (Lipinski definition) is 1. The molecule has 88 valence electrons. The molecule has 1 saturated heterocycles. The topological polar surface area (TPSA) is 30.5 Å². The van der Waals surface area contributed by atoms with E-state index < -0.39 is 0 Å². The van der Waals surface area contributed by atoms with Crippen molar-refractivity contribution in [3.8, 4) is 5.75 Å². The molecular formula is C11H13Cl2NO2. The maximum Gasteiger partial charge on any atom is 0.139 e. The SMILES string of the molecule is COc1ccc(C2CNCCO2)c(Cl)c1Cl. The second-order valence-electron chi connectivity index (χ2n) is 3.55. The van der Waals surface area contributed by atoms with Crippen molar-refractivity contribution in [3.63, 3.8) is 0 Å². The predicted molar refractivity (Wildman–Crippen MR) is 64.6 cm³/mol. The van der Waals surface area contributed by atoms with E-state index in [1.165, 1.54) is 0 Å². The molecule has 1 unspecified atom stereocenters. The van der Waals surface area contributed by atoms with Crippen molar-refractivity contribution in [2.45, 2.75) is 6.10 Å². The van der Waals surface area contributed by atoms with E-state index in [1.54, 1.807) is 7.11 Å². The second-order valence-corrected chi connectivity index (χ2v) is 4.30. The highest BCUT2D eigenvalue weighted by molar-refractivity contribution is 6.43. The number of nitrogens with one attached hydrogen (secondary N) is 1. The molecule has 3 nitrogen and oxygen atoms in total. The summed E-state index contributed by atoms with van der Waals surface area (Å²) in [5.41, 5.74) is 0.902. The summed E-state index contributed by atoms with van der Waals surface area (Å²) in [6.07, 6.45) is -0.0374. The fourth-order valence-corrected chi connectivity index (χ4v) is 2.25. The summed E-state index contributed by atoms with van der Waals surface area (Å²) < 4.78 is 10.7. The van der Waals surface area contributed by atoms with Crippen molar-refractivity contribution >= 4 is 23.2 Å². The van der Waals surface area contributed by atoms with Crippen molar-refractivity contribution in [1.29, 1.82) is 0 Å². The normalized spacial score (nSPS) is 20.8. The van der Waals surface area contributed by atoms with Gasteiger partial charge in [-0.25, -0.2) is 0 Å². The molecule has 1 aromatic rings. The molecule has 0 aromatic heterocycles. The number of hydrogen-bond acceptors (Lipinski definition) is 3. The number of methoxy groups -OCH3 is 1. The number of morpholine rings is 1. The van der Waals surface area contributed by atoms with E-state index in [0.717, 1.165) is 18.7 Å². The van der Waals surface area contributed by atoms with E-state index in [4.69, 9.17) is 32.7 Å². The van der Waals surface area contributed by atoms with Crippen LogP contribution in [-0.2, 0) is 4.74 Å². The van der Waals surface area contributed by atoms with Gasteiger partial charge in [-0.1, -0.05) is 29.3 Å². The molecule has 5 heteroatoms. The lowest BCUT2D eigenvalue weighted by Gasteiger charge is -2.25. The molecule has 1 atom stereocenters.